The molecule has 18 heavy (non-hydrogen) atoms. The second-order valence-electron chi connectivity index (χ2n) is 4.81. The Balaban J connectivity index is 1.76. The molecule has 96 valence electrons. The zero-order chi connectivity index (χ0) is 12.4. The lowest BCUT2D eigenvalue weighted by Gasteiger charge is -2.22. The number of amidine groups is 1. The fourth-order valence-corrected chi connectivity index (χ4v) is 4.09. The molecule has 1 unspecified atom stereocenters. The van der Waals surface area contributed by atoms with Crippen LogP contribution < -0.4 is 0 Å². The monoisotopic (exact) mass is 324 g/mol. The number of aryl methyl sites for hydroxylation is 1. The van der Waals surface area contributed by atoms with E-state index in [-0.39, 0.29) is 0 Å². The summed E-state index contributed by atoms with van der Waals surface area (Å²) in [7, 11) is 0. The molecule has 0 fully saturated rings. The molecule has 1 aromatic rings. The second kappa shape index (κ2) is 5.66. The van der Waals surface area contributed by atoms with Gasteiger partial charge in [0.25, 0.3) is 0 Å². The van der Waals surface area contributed by atoms with Crippen LogP contribution in [0, 0.1) is 0 Å². The van der Waals surface area contributed by atoms with Crippen molar-refractivity contribution in [3.05, 3.63) is 35.4 Å². The zero-order valence-corrected chi connectivity index (χ0v) is 12.7. The summed E-state index contributed by atoms with van der Waals surface area (Å²) >= 11 is 5.49. The van der Waals surface area contributed by atoms with Crippen LogP contribution in [0.5, 0.6) is 0 Å². The number of nitrogens with zero attached hydrogens (tertiary/aromatic N) is 2. The molecule has 0 bridgehead atoms. The number of benzene rings is 1. The molecular weight excluding hydrogens is 308 g/mol. The van der Waals surface area contributed by atoms with E-state index in [9.17, 15) is 0 Å². The van der Waals surface area contributed by atoms with Crippen molar-refractivity contribution in [2.45, 2.75) is 24.6 Å². The smallest absolute Gasteiger partial charge is 0.159 e. The number of halogens is 1. The maximum absolute atomic E-state index is 4.70. The van der Waals surface area contributed by atoms with Crippen molar-refractivity contribution in [1.82, 2.24) is 4.90 Å². The lowest BCUT2D eigenvalue weighted by Crippen LogP contribution is -2.27. The van der Waals surface area contributed by atoms with Gasteiger partial charge in [0, 0.05) is 23.7 Å². The van der Waals surface area contributed by atoms with E-state index in [1.165, 1.54) is 29.1 Å². The van der Waals surface area contributed by atoms with Crippen molar-refractivity contribution >= 4 is 32.9 Å². The van der Waals surface area contributed by atoms with Gasteiger partial charge in [-0.1, -0.05) is 52.0 Å². The fraction of sp³-hybridized carbons (Fsp3) is 0.500. The van der Waals surface area contributed by atoms with Gasteiger partial charge in [-0.3, -0.25) is 4.99 Å². The summed E-state index contributed by atoms with van der Waals surface area (Å²) in [6.07, 6.45) is 2.43. The number of aliphatic imine (C=N–C) groups is 1. The van der Waals surface area contributed by atoms with Gasteiger partial charge in [0.2, 0.25) is 0 Å². The van der Waals surface area contributed by atoms with Crippen molar-refractivity contribution in [3.63, 3.8) is 0 Å². The third-order valence-corrected chi connectivity index (χ3v) is 5.96. The summed E-state index contributed by atoms with van der Waals surface area (Å²) in [5.41, 5.74) is 2.99. The average Bonchev–Trinajstić information content (AvgIpc) is 2.78. The first-order valence-corrected chi connectivity index (χ1v) is 8.46. The van der Waals surface area contributed by atoms with Gasteiger partial charge < -0.3 is 4.90 Å². The normalized spacial score (nSPS) is 23.5. The molecule has 0 radical (unpaired) electrons. The summed E-state index contributed by atoms with van der Waals surface area (Å²) in [5, 5.41) is 2.91. The molecular formula is C14H17BrN2S. The van der Waals surface area contributed by atoms with Gasteiger partial charge in [0.05, 0.1) is 6.54 Å². The third-order valence-electron chi connectivity index (χ3n) is 3.50. The summed E-state index contributed by atoms with van der Waals surface area (Å²) < 4.78 is 0. The maximum atomic E-state index is 4.70. The number of rotatable bonds is 1. The van der Waals surface area contributed by atoms with Gasteiger partial charge in [-0.15, -0.1) is 0 Å². The third kappa shape index (κ3) is 2.59. The van der Waals surface area contributed by atoms with E-state index >= 15 is 0 Å². The predicted molar refractivity (Wildman–Crippen MR) is 82.6 cm³/mol. The van der Waals surface area contributed by atoms with Crippen molar-refractivity contribution in [2.75, 3.05) is 18.4 Å². The number of hydrogen-bond donors (Lipinski definition) is 0. The topological polar surface area (TPSA) is 15.6 Å². The van der Waals surface area contributed by atoms with Gasteiger partial charge in [0.15, 0.2) is 5.17 Å². The Labute approximate surface area is 121 Å². The molecule has 2 aliphatic rings. The molecule has 0 saturated heterocycles. The van der Waals surface area contributed by atoms with Gasteiger partial charge in [0.1, 0.15) is 0 Å². The van der Waals surface area contributed by atoms with E-state index in [0.29, 0.717) is 5.25 Å². The predicted octanol–water partition coefficient (Wildman–Crippen LogP) is 3.30. The fourth-order valence-electron chi connectivity index (χ4n) is 2.52. The van der Waals surface area contributed by atoms with E-state index in [2.05, 4.69) is 45.1 Å². The van der Waals surface area contributed by atoms with Crippen LogP contribution in [0.1, 0.15) is 17.5 Å². The van der Waals surface area contributed by atoms with E-state index < -0.39 is 0 Å². The van der Waals surface area contributed by atoms with E-state index in [4.69, 9.17) is 4.99 Å². The minimum absolute atomic E-state index is 0.624. The van der Waals surface area contributed by atoms with Gasteiger partial charge in [-0.2, -0.15) is 0 Å². The number of fused-ring (bicyclic) bond motifs is 1. The average molecular weight is 325 g/mol. The lowest BCUT2D eigenvalue weighted by atomic mass is 10.0. The van der Waals surface area contributed by atoms with Gasteiger partial charge in [-0.25, -0.2) is 0 Å². The Kier molecular flexibility index (Phi) is 3.94. The Morgan fingerprint density at radius 1 is 1.33 bits per heavy atom. The molecule has 1 atom stereocenters. The summed E-state index contributed by atoms with van der Waals surface area (Å²) in [4.78, 5) is 7.16. The lowest BCUT2D eigenvalue weighted by molar-refractivity contribution is 0.425. The second-order valence-corrected chi connectivity index (χ2v) is 6.73. The van der Waals surface area contributed by atoms with Crippen molar-refractivity contribution in [2.24, 2.45) is 4.99 Å². The van der Waals surface area contributed by atoms with E-state index in [1.54, 1.807) is 0 Å². The first-order valence-electron chi connectivity index (χ1n) is 6.45. The summed E-state index contributed by atoms with van der Waals surface area (Å²) in [6.45, 7) is 3.12. The number of alkyl halides is 1. The molecule has 2 aliphatic heterocycles. The van der Waals surface area contributed by atoms with E-state index in [0.717, 1.165) is 25.0 Å². The van der Waals surface area contributed by atoms with Crippen LogP contribution >= 0.6 is 27.7 Å². The SMILES string of the molecule is BrCC1CN=C(N2CCCc3ccccc3C2)S1. The van der Waals surface area contributed by atoms with Crippen LogP contribution in [0.15, 0.2) is 29.3 Å². The Bertz CT molecular complexity index is 461. The zero-order valence-electron chi connectivity index (χ0n) is 10.3. The van der Waals surface area contributed by atoms with Crippen LogP contribution in [0.4, 0.5) is 0 Å². The molecule has 1 aromatic carbocycles. The molecule has 2 heterocycles. The highest BCUT2D eigenvalue weighted by Gasteiger charge is 2.24. The van der Waals surface area contributed by atoms with Crippen LogP contribution in [0.2, 0.25) is 0 Å². The molecule has 0 amide bonds. The molecule has 0 aliphatic carbocycles. The minimum atomic E-state index is 0.624. The minimum Gasteiger partial charge on any atom is -0.347 e. The molecule has 0 spiro atoms. The van der Waals surface area contributed by atoms with Crippen molar-refractivity contribution in [3.8, 4) is 0 Å². The Morgan fingerprint density at radius 2 is 2.17 bits per heavy atom. The molecule has 0 aromatic heterocycles. The maximum Gasteiger partial charge on any atom is 0.159 e. The Morgan fingerprint density at radius 3 is 2.94 bits per heavy atom. The quantitative estimate of drug-likeness (QED) is 0.736. The van der Waals surface area contributed by atoms with E-state index in [1.807, 2.05) is 11.8 Å². The van der Waals surface area contributed by atoms with Crippen LogP contribution in [-0.4, -0.2) is 33.7 Å². The number of thioether (sulfide) groups is 1. The summed E-state index contributed by atoms with van der Waals surface area (Å²) in [6, 6.07) is 8.82. The van der Waals surface area contributed by atoms with Crippen LogP contribution in [-0.2, 0) is 13.0 Å². The number of hydrogen-bond acceptors (Lipinski definition) is 3. The highest BCUT2D eigenvalue weighted by atomic mass is 79.9. The molecule has 4 heteroatoms. The van der Waals surface area contributed by atoms with Crippen LogP contribution in [0.25, 0.3) is 0 Å². The highest BCUT2D eigenvalue weighted by Crippen LogP contribution is 2.28. The van der Waals surface area contributed by atoms with Gasteiger partial charge >= 0.3 is 0 Å². The van der Waals surface area contributed by atoms with Crippen molar-refractivity contribution in [1.29, 1.82) is 0 Å². The molecule has 0 saturated carbocycles. The largest absolute Gasteiger partial charge is 0.347 e. The molecule has 2 nitrogen and oxygen atoms in total. The summed E-state index contributed by atoms with van der Waals surface area (Å²) in [5.74, 6) is 0. The standard InChI is InChI=1S/C14H17BrN2S/c15-8-13-9-16-14(18-13)17-7-3-6-11-4-1-2-5-12(11)10-17/h1-2,4-5,13H,3,6-10H2. The molecule has 3 rings (SSSR count). The van der Waals surface area contributed by atoms with Gasteiger partial charge in [-0.05, 0) is 24.0 Å². The van der Waals surface area contributed by atoms with Crippen LogP contribution in [0.3, 0.4) is 0 Å². The first-order chi connectivity index (χ1) is 8.86. The Hall–Kier alpha value is -0.480. The highest BCUT2D eigenvalue weighted by molar-refractivity contribution is 9.09. The first kappa shape index (κ1) is 12.5. The van der Waals surface area contributed by atoms with Crippen molar-refractivity contribution < 1.29 is 0 Å². The molecule has 0 N–H and O–H groups in total.